The van der Waals surface area contributed by atoms with Crippen molar-refractivity contribution in [1.82, 2.24) is 15.0 Å². The summed E-state index contributed by atoms with van der Waals surface area (Å²) in [7, 11) is 0. The summed E-state index contributed by atoms with van der Waals surface area (Å²) < 4.78 is 0. The maximum absolute atomic E-state index is 5.25. The molecule has 0 aliphatic rings. The van der Waals surface area contributed by atoms with Crippen LogP contribution in [0.1, 0.15) is 0 Å². The molecule has 0 radical (unpaired) electrons. The number of rotatable bonds is 8. The number of fused-ring (bicyclic) bond motifs is 3. The predicted molar refractivity (Wildman–Crippen MR) is 258 cm³/mol. The third kappa shape index (κ3) is 7.23. The number of nitrogens with zero attached hydrogens (tertiary/aromatic N) is 3. The van der Waals surface area contributed by atoms with Gasteiger partial charge in [0, 0.05) is 27.6 Å². The molecule has 62 heavy (non-hydrogen) atoms. The van der Waals surface area contributed by atoms with E-state index in [1.54, 1.807) is 0 Å². The Kier molecular flexibility index (Phi) is 9.53. The van der Waals surface area contributed by atoms with E-state index >= 15 is 0 Å². The summed E-state index contributed by atoms with van der Waals surface area (Å²) in [5, 5.41) is 3.49. The Morgan fingerprint density at radius 3 is 1.29 bits per heavy atom. The molecule has 0 spiro atoms. The molecule has 0 aliphatic heterocycles. The zero-order valence-electron chi connectivity index (χ0n) is 33.9. The molecule has 0 bridgehead atoms. The van der Waals surface area contributed by atoms with Crippen molar-refractivity contribution in [3.05, 3.63) is 237 Å². The van der Waals surface area contributed by atoms with Crippen LogP contribution in [-0.4, -0.2) is 15.0 Å². The minimum atomic E-state index is 0.683. The molecule has 2 heterocycles. The molecule has 0 saturated carbocycles. The number of hydrogen-bond acceptors (Lipinski definition) is 3. The Labute approximate surface area is 361 Å². The first kappa shape index (κ1) is 36.8. The van der Waals surface area contributed by atoms with Crippen molar-refractivity contribution in [2.75, 3.05) is 0 Å². The molecular formula is C59H39N3. The summed E-state index contributed by atoms with van der Waals surface area (Å²) in [6.45, 7) is 0. The minimum Gasteiger partial charge on any atom is -0.248 e. The highest BCUT2D eigenvalue weighted by molar-refractivity contribution is 6.14. The highest BCUT2D eigenvalue weighted by Gasteiger charge is 2.16. The summed E-state index contributed by atoms with van der Waals surface area (Å²) >= 11 is 0. The number of hydrogen-bond donors (Lipinski definition) is 0. The lowest BCUT2D eigenvalue weighted by Crippen LogP contribution is -1.96. The highest BCUT2D eigenvalue weighted by Crippen LogP contribution is 2.39. The van der Waals surface area contributed by atoms with Gasteiger partial charge in [0.15, 0.2) is 5.82 Å². The standard InChI is InChI=1S/C59H39N3/c1-5-14-40(15-6-1)42-24-29-47(30-25-42)56-39-57(62-59(61-56)48-31-26-43(27-32-48)41-16-7-2-8-17-41)51-23-13-22-49(36-51)50-33-28-45-34-35-54-58(52(45)37-50)53(44-18-9-3-10-19-44)38-55(60-54)46-20-11-4-12-21-46/h1-39H. The van der Waals surface area contributed by atoms with Gasteiger partial charge in [-0.1, -0.05) is 206 Å². The third-order valence-corrected chi connectivity index (χ3v) is 11.7. The second-order valence-corrected chi connectivity index (χ2v) is 15.6. The molecule has 0 amide bonds. The third-order valence-electron chi connectivity index (χ3n) is 11.7. The van der Waals surface area contributed by atoms with E-state index < -0.39 is 0 Å². The molecule has 0 unspecified atom stereocenters. The van der Waals surface area contributed by atoms with Crippen LogP contribution in [0.25, 0.3) is 111 Å². The van der Waals surface area contributed by atoms with E-state index in [1.807, 2.05) is 18.2 Å². The van der Waals surface area contributed by atoms with Gasteiger partial charge in [0.05, 0.1) is 22.6 Å². The summed E-state index contributed by atoms with van der Waals surface area (Å²) in [5.41, 5.74) is 17.0. The maximum atomic E-state index is 5.25. The first-order valence-electron chi connectivity index (χ1n) is 21.0. The fourth-order valence-electron chi connectivity index (χ4n) is 8.47. The number of pyridine rings is 1. The summed E-state index contributed by atoms with van der Waals surface area (Å²) in [6.07, 6.45) is 0. The molecule has 0 saturated heterocycles. The fourth-order valence-corrected chi connectivity index (χ4v) is 8.47. The van der Waals surface area contributed by atoms with Gasteiger partial charge in [0.1, 0.15) is 0 Å². The zero-order chi connectivity index (χ0) is 41.2. The van der Waals surface area contributed by atoms with E-state index in [9.17, 15) is 0 Å². The first-order valence-corrected chi connectivity index (χ1v) is 21.0. The van der Waals surface area contributed by atoms with Crippen LogP contribution in [0.3, 0.4) is 0 Å². The van der Waals surface area contributed by atoms with E-state index in [0.29, 0.717) is 5.82 Å². The van der Waals surface area contributed by atoms with Crippen molar-refractivity contribution in [3.8, 4) is 89.7 Å². The highest BCUT2D eigenvalue weighted by atomic mass is 14.9. The maximum Gasteiger partial charge on any atom is 0.160 e. The smallest absolute Gasteiger partial charge is 0.160 e. The number of aromatic nitrogens is 3. The van der Waals surface area contributed by atoms with Gasteiger partial charge in [0.2, 0.25) is 0 Å². The van der Waals surface area contributed by atoms with E-state index in [2.05, 4.69) is 218 Å². The second kappa shape index (κ2) is 16.1. The van der Waals surface area contributed by atoms with Crippen molar-refractivity contribution < 1.29 is 0 Å². The van der Waals surface area contributed by atoms with Crippen molar-refractivity contribution in [2.24, 2.45) is 0 Å². The van der Waals surface area contributed by atoms with Gasteiger partial charge in [-0.2, -0.15) is 0 Å². The molecule has 290 valence electrons. The summed E-state index contributed by atoms with van der Waals surface area (Å²) in [6, 6.07) is 83.5. The van der Waals surface area contributed by atoms with E-state index in [-0.39, 0.29) is 0 Å². The SMILES string of the molecule is c1ccc(-c2ccc(-c3cc(-c4cccc(-c5ccc6ccc7nc(-c8ccccc8)cc(-c8ccccc8)c7c6c5)c4)nc(-c4ccc(-c5ccccc5)cc4)n3)cc2)cc1. The van der Waals surface area contributed by atoms with Gasteiger partial charge in [0.25, 0.3) is 0 Å². The van der Waals surface area contributed by atoms with Crippen molar-refractivity contribution in [1.29, 1.82) is 0 Å². The van der Waals surface area contributed by atoms with Gasteiger partial charge in [-0.3, -0.25) is 0 Å². The zero-order valence-corrected chi connectivity index (χ0v) is 33.9. The van der Waals surface area contributed by atoms with Gasteiger partial charge in [-0.05, 0) is 85.6 Å². The van der Waals surface area contributed by atoms with Gasteiger partial charge < -0.3 is 0 Å². The topological polar surface area (TPSA) is 38.7 Å². The average molecular weight is 790 g/mol. The van der Waals surface area contributed by atoms with Crippen LogP contribution in [0.5, 0.6) is 0 Å². The van der Waals surface area contributed by atoms with Crippen molar-refractivity contribution in [2.45, 2.75) is 0 Å². The van der Waals surface area contributed by atoms with Crippen LogP contribution in [0.2, 0.25) is 0 Å². The fraction of sp³-hybridized carbons (Fsp3) is 0. The molecule has 0 fully saturated rings. The van der Waals surface area contributed by atoms with Crippen LogP contribution in [0.4, 0.5) is 0 Å². The van der Waals surface area contributed by atoms with Crippen molar-refractivity contribution >= 4 is 21.7 Å². The molecule has 3 heteroatoms. The molecule has 11 aromatic rings. The Balaban J connectivity index is 1.03. The monoisotopic (exact) mass is 789 g/mol. The lowest BCUT2D eigenvalue weighted by Gasteiger charge is -2.14. The first-order chi connectivity index (χ1) is 30.7. The van der Waals surface area contributed by atoms with Crippen molar-refractivity contribution in [3.63, 3.8) is 0 Å². The lowest BCUT2D eigenvalue weighted by atomic mass is 9.92. The Morgan fingerprint density at radius 2 is 0.661 bits per heavy atom. The van der Waals surface area contributed by atoms with Crippen LogP contribution < -0.4 is 0 Å². The van der Waals surface area contributed by atoms with Crippen LogP contribution in [0, 0.1) is 0 Å². The minimum absolute atomic E-state index is 0.683. The Morgan fingerprint density at radius 1 is 0.242 bits per heavy atom. The Hall–Kier alpha value is -8.27. The quantitative estimate of drug-likeness (QED) is 0.144. The molecule has 2 aromatic heterocycles. The molecule has 0 N–H and O–H groups in total. The predicted octanol–water partition coefficient (Wildman–Crippen LogP) is 15.5. The lowest BCUT2D eigenvalue weighted by molar-refractivity contribution is 1.18. The molecule has 11 rings (SSSR count). The van der Waals surface area contributed by atoms with Gasteiger partial charge in [-0.15, -0.1) is 0 Å². The Bertz CT molecular complexity index is 3250. The number of benzene rings is 9. The van der Waals surface area contributed by atoms with E-state index in [0.717, 1.165) is 72.5 Å². The van der Waals surface area contributed by atoms with E-state index in [1.165, 1.54) is 33.0 Å². The van der Waals surface area contributed by atoms with E-state index in [4.69, 9.17) is 15.0 Å². The van der Waals surface area contributed by atoms with Crippen LogP contribution >= 0.6 is 0 Å². The largest absolute Gasteiger partial charge is 0.248 e. The summed E-state index contributed by atoms with van der Waals surface area (Å²) in [4.78, 5) is 15.7. The summed E-state index contributed by atoms with van der Waals surface area (Å²) in [5.74, 6) is 0.683. The van der Waals surface area contributed by atoms with Gasteiger partial charge in [-0.25, -0.2) is 15.0 Å². The van der Waals surface area contributed by atoms with Gasteiger partial charge >= 0.3 is 0 Å². The van der Waals surface area contributed by atoms with Crippen LogP contribution in [-0.2, 0) is 0 Å². The average Bonchev–Trinajstić information content (AvgIpc) is 3.37. The molecule has 0 aliphatic carbocycles. The molecule has 3 nitrogen and oxygen atoms in total. The molecule has 9 aromatic carbocycles. The van der Waals surface area contributed by atoms with Crippen LogP contribution in [0.15, 0.2) is 237 Å². The second-order valence-electron chi connectivity index (χ2n) is 15.6. The molecular weight excluding hydrogens is 751 g/mol. The molecule has 0 atom stereocenters. The normalized spacial score (nSPS) is 11.2.